The van der Waals surface area contributed by atoms with E-state index in [1.807, 2.05) is 32.0 Å². The van der Waals surface area contributed by atoms with Crippen molar-refractivity contribution in [2.75, 3.05) is 23.8 Å². The Morgan fingerprint density at radius 1 is 1.20 bits per heavy atom. The Labute approximate surface area is 175 Å². The molecular weight excluding hydrogens is 406 g/mol. The summed E-state index contributed by atoms with van der Waals surface area (Å²) in [4.78, 5) is 24.5. The van der Waals surface area contributed by atoms with Crippen molar-refractivity contribution < 1.29 is 22.7 Å². The number of rotatable bonds is 4. The fraction of sp³-hybridized carbons (Fsp3) is 0.333. The van der Waals surface area contributed by atoms with Gasteiger partial charge in [-0.15, -0.1) is 0 Å². The third-order valence-corrected chi connectivity index (χ3v) is 7.25. The lowest BCUT2D eigenvalue weighted by Crippen LogP contribution is -2.43. The smallest absolute Gasteiger partial charge is 0.262 e. The second-order valence-corrected chi connectivity index (χ2v) is 9.47. The average molecular weight is 429 g/mol. The predicted octanol–water partition coefficient (Wildman–Crippen LogP) is 2.43. The minimum absolute atomic E-state index is 0.0125. The molecule has 1 fully saturated rings. The molecule has 0 aromatic heterocycles. The first-order chi connectivity index (χ1) is 14.3. The fourth-order valence-corrected chi connectivity index (χ4v) is 5.42. The maximum atomic E-state index is 13.3. The predicted molar refractivity (Wildman–Crippen MR) is 112 cm³/mol. The highest BCUT2D eigenvalue weighted by Gasteiger charge is 2.40. The Kier molecular flexibility index (Phi) is 5.25. The van der Waals surface area contributed by atoms with Gasteiger partial charge in [-0.05, 0) is 62.1 Å². The van der Waals surface area contributed by atoms with Crippen LogP contribution in [-0.2, 0) is 19.6 Å². The number of ether oxygens (including phenoxy) is 1. The zero-order chi connectivity index (χ0) is 21.5. The van der Waals surface area contributed by atoms with Gasteiger partial charge in [0.05, 0.1) is 10.6 Å². The van der Waals surface area contributed by atoms with Crippen molar-refractivity contribution >= 4 is 33.2 Å². The molecule has 8 nitrogen and oxygen atoms in total. The highest BCUT2D eigenvalue weighted by atomic mass is 32.2. The van der Waals surface area contributed by atoms with E-state index in [9.17, 15) is 18.0 Å². The number of hydrogen-bond acceptors (Lipinski definition) is 5. The molecule has 30 heavy (non-hydrogen) atoms. The maximum Gasteiger partial charge on any atom is 0.262 e. The maximum absolute atomic E-state index is 13.3. The summed E-state index contributed by atoms with van der Waals surface area (Å²) in [6.07, 6.45) is 1.04. The third kappa shape index (κ3) is 3.78. The van der Waals surface area contributed by atoms with E-state index in [4.69, 9.17) is 4.74 Å². The SMILES string of the molecule is Cc1ccc(C)c(NC(=O)[C@H]2CCCN2S(=O)(=O)c2ccc3c(c2)NC(=O)CO3)c1. The van der Waals surface area contributed by atoms with Gasteiger partial charge in [-0.25, -0.2) is 8.42 Å². The molecule has 1 atom stereocenters. The quantitative estimate of drug-likeness (QED) is 0.777. The van der Waals surface area contributed by atoms with Crippen LogP contribution in [0.25, 0.3) is 0 Å². The molecule has 2 aliphatic rings. The van der Waals surface area contributed by atoms with Crippen molar-refractivity contribution in [2.24, 2.45) is 0 Å². The third-order valence-electron chi connectivity index (χ3n) is 5.35. The zero-order valence-corrected chi connectivity index (χ0v) is 17.6. The molecule has 2 aliphatic heterocycles. The van der Waals surface area contributed by atoms with Gasteiger partial charge in [-0.3, -0.25) is 9.59 Å². The lowest BCUT2D eigenvalue weighted by atomic mass is 10.1. The van der Waals surface area contributed by atoms with Gasteiger partial charge in [-0.2, -0.15) is 4.31 Å². The number of nitrogens with one attached hydrogen (secondary N) is 2. The van der Waals surface area contributed by atoms with Crippen molar-refractivity contribution in [3.8, 4) is 5.75 Å². The molecule has 2 aromatic carbocycles. The van der Waals surface area contributed by atoms with Crippen LogP contribution >= 0.6 is 0 Å². The van der Waals surface area contributed by atoms with Gasteiger partial charge in [0.25, 0.3) is 5.91 Å². The summed E-state index contributed by atoms with van der Waals surface area (Å²) >= 11 is 0. The number of fused-ring (bicyclic) bond motifs is 1. The van der Waals surface area contributed by atoms with E-state index in [0.29, 0.717) is 30.0 Å². The van der Waals surface area contributed by atoms with E-state index in [0.717, 1.165) is 11.1 Å². The number of carbonyl (C=O) groups excluding carboxylic acids is 2. The van der Waals surface area contributed by atoms with Crippen LogP contribution in [-0.4, -0.2) is 43.7 Å². The van der Waals surface area contributed by atoms with Crippen molar-refractivity contribution in [1.82, 2.24) is 4.31 Å². The molecule has 158 valence electrons. The highest BCUT2D eigenvalue weighted by molar-refractivity contribution is 7.89. The molecule has 4 rings (SSSR count). The van der Waals surface area contributed by atoms with Crippen molar-refractivity contribution in [2.45, 2.75) is 37.6 Å². The number of nitrogens with zero attached hydrogens (tertiary/aromatic N) is 1. The van der Waals surface area contributed by atoms with Crippen LogP contribution in [0.15, 0.2) is 41.3 Å². The summed E-state index contributed by atoms with van der Waals surface area (Å²) in [6.45, 7) is 3.97. The van der Waals surface area contributed by atoms with E-state index in [1.165, 1.54) is 22.5 Å². The number of amides is 2. The van der Waals surface area contributed by atoms with E-state index >= 15 is 0 Å². The Bertz CT molecular complexity index is 1130. The Morgan fingerprint density at radius 3 is 2.80 bits per heavy atom. The van der Waals surface area contributed by atoms with Crippen LogP contribution in [0.3, 0.4) is 0 Å². The topological polar surface area (TPSA) is 105 Å². The van der Waals surface area contributed by atoms with Crippen LogP contribution < -0.4 is 15.4 Å². The first-order valence-corrected chi connectivity index (χ1v) is 11.2. The number of anilines is 2. The van der Waals surface area contributed by atoms with Crippen LogP contribution in [0.4, 0.5) is 11.4 Å². The summed E-state index contributed by atoms with van der Waals surface area (Å²) in [7, 11) is -3.93. The normalized spacial score (nSPS) is 19.0. The summed E-state index contributed by atoms with van der Waals surface area (Å²) < 4.78 is 33.1. The summed E-state index contributed by atoms with van der Waals surface area (Å²) in [6, 6.07) is 9.27. The molecule has 0 spiro atoms. The summed E-state index contributed by atoms with van der Waals surface area (Å²) in [5.74, 6) is -0.275. The van der Waals surface area contributed by atoms with Crippen molar-refractivity contribution in [1.29, 1.82) is 0 Å². The first kappa shape index (κ1) is 20.4. The molecule has 9 heteroatoms. The lowest BCUT2D eigenvalue weighted by molar-refractivity contribution is -0.119. The van der Waals surface area contributed by atoms with E-state index < -0.39 is 16.1 Å². The average Bonchev–Trinajstić information content (AvgIpc) is 3.21. The molecule has 2 N–H and O–H groups in total. The van der Waals surface area contributed by atoms with Gasteiger partial charge in [-0.1, -0.05) is 12.1 Å². The number of aryl methyl sites for hydroxylation is 2. The second-order valence-electron chi connectivity index (χ2n) is 7.58. The fourth-order valence-electron chi connectivity index (χ4n) is 3.73. The largest absolute Gasteiger partial charge is 0.482 e. The molecule has 2 amide bonds. The molecule has 2 aromatic rings. The highest BCUT2D eigenvalue weighted by Crippen LogP contribution is 2.33. The van der Waals surface area contributed by atoms with Gasteiger partial charge in [0.2, 0.25) is 15.9 Å². The standard InChI is InChI=1S/C21H23N3O5S/c1-13-5-6-14(2)16(10-13)23-21(26)18-4-3-9-24(18)30(27,28)15-7-8-19-17(11-15)22-20(25)12-29-19/h5-8,10-11,18H,3-4,9,12H2,1-2H3,(H,22,25)(H,23,26)/t18-/m1/s1. The molecule has 0 aliphatic carbocycles. The van der Waals surface area contributed by atoms with Gasteiger partial charge in [0.1, 0.15) is 11.8 Å². The van der Waals surface area contributed by atoms with Gasteiger partial charge in [0, 0.05) is 12.2 Å². The minimum atomic E-state index is -3.93. The van der Waals surface area contributed by atoms with Gasteiger partial charge < -0.3 is 15.4 Å². The van der Waals surface area contributed by atoms with Crippen molar-refractivity contribution in [3.05, 3.63) is 47.5 Å². The Balaban J connectivity index is 1.59. The molecule has 0 saturated carbocycles. The first-order valence-electron chi connectivity index (χ1n) is 9.72. The number of carbonyl (C=O) groups is 2. The Hall–Kier alpha value is -2.91. The van der Waals surface area contributed by atoms with Crippen LogP contribution in [0, 0.1) is 13.8 Å². The van der Waals surface area contributed by atoms with E-state index in [2.05, 4.69) is 10.6 Å². The molecule has 0 radical (unpaired) electrons. The van der Waals surface area contributed by atoms with Gasteiger partial charge >= 0.3 is 0 Å². The van der Waals surface area contributed by atoms with E-state index in [1.54, 1.807) is 0 Å². The number of sulfonamides is 1. The summed E-state index contributed by atoms with van der Waals surface area (Å²) in [5.41, 5.74) is 2.90. The number of hydrogen-bond donors (Lipinski definition) is 2. The monoisotopic (exact) mass is 429 g/mol. The zero-order valence-electron chi connectivity index (χ0n) is 16.8. The minimum Gasteiger partial charge on any atom is -0.482 e. The molecular formula is C21H23N3O5S. The molecule has 0 bridgehead atoms. The molecule has 2 heterocycles. The lowest BCUT2D eigenvalue weighted by Gasteiger charge is -2.25. The van der Waals surface area contributed by atoms with Crippen LogP contribution in [0.1, 0.15) is 24.0 Å². The van der Waals surface area contributed by atoms with Gasteiger partial charge in [0.15, 0.2) is 6.61 Å². The number of benzene rings is 2. The van der Waals surface area contributed by atoms with Crippen molar-refractivity contribution in [3.63, 3.8) is 0 Å². The summed E-state index contributed by atoms with van der Waals surface area (Å²) in [5, 5.41) is 5.50. The second kappa shape index (κ2) is 7.73. The molecule has 1 saturated heterocycles. The van der Waals surface area contributed by atoms with Crippen LogP contribution in [0.2, 0.25) is 0 Å². The van der Waals surface area contributed by atoms with Crippen LogP contribution in [0.5, 0.6) is 5.75 Å². The van der Waals surface area contributed by atoms with E-state index in [-0.39, 0.29) is 29.9 Å². The Morgan fingerprint density at radius 2 is 2.00 bits per heavy atom. The molecule has 0 unspecified atom stereocenters.